The molecular weight excluding hydrogens is 254 g/mol. The van der Waals surface area contributed by atoms with Gasteiger partial charge in [-0.05, 0) is 42.0 Å². The summed E-state index contributed by atoms with van der Waals surface area (Å²) < 4.78 is 5.13. The average molecular weight is 267 g/mol. The summed E-state index contributed by atoms with van der Waals surface area (Å²) in [6.45, 7) is 0.695. The van der Waals surface area contributed by atoms with Crippen molar-refractivity contribution in [2.24, 2.45) is 0 Å². The zero-order valence-electron chi connectivity index (χ0n) is 10.7. The zero-order valence-corrected chi connectivity index (χ0v) is 10.7. The molecule has 3 aromatic rings. The van der Waals surface area contributed by atoms with E-state index in [-0.39, 0.29) is 5.75 Å². The standard InChI is InChI=1S/C15H13N3O2/c19-14-7-1-11(2-8-14)9-16-13-5-3-12(4-6-13)15-18-17-10-20-15/h1-8,10,16,19H,9H2. The van der Waals surface area contributed by atoms with Gasteiger partial charge in [-0.15, -0.1) is 10.2 Å². The highest BCUT2D eigenvalue weighted by Gasteiger charge is 2.02. The van der Waals surface area contributed by atoms with E-state index in [1.165, 1.54) is 6.39 Å². The van der Waals surface area contributed by atoms with Gasteiger partial charge in [0.05, 0.1) is 0 Å². The van der Waals surface area contributed by atoms with Crippen molar-refractivity contribution in [2.75, 3.05) is 5.32 Å². The van der Waals surface area contributed by atoms with Crippen molar-refractivity contribution in [3.8, 4) is 17.2 Å². The Bertz CT molecular complexity index is 661. The Hall–Kier alpha value is -2.82. The van der Waals surface area contributed by atoms with Crippen LogP contribution in [-0.4, -0.2) is 15.3 Å². The molecule has 0 saturated carbocycles. The number of aromatic nitrogens is 2. The number of aromatic hydroxyl groups is 1. The summed E-state index contributed by atoms with van der Waals surface area (Å²) in [5, 5.41) is 20.0. The summed E-state index contributed by atoms with van der Waals surface area (Å²) in [5.74, 6) is 0.785. The second kappa shape index (κ2) is 5.44. The molecule has 0 atom stereocenters. The quantitative estimate of drug-likeness (QED) is 0.760. The monoisotopic (exact) mass is 267 g/mol. The van der Waals surface area contributed by atoms with E-state index in [4.69, 9.17) is 4.42 Å². The number of hydrogen-bond acceptors (Lipinski definition) is 5. The Morgan fingerprint density at radius 3 is 2.40 bits per heavy atom. The third-order valence-electron chi connectivity index (χ3n) is 2.92. The maximum absolute atomic E-state index is 9.22. The summed E-state index contributed by atoms with van der Waals surface area (Å²) in [4.78, 5) is 0. The molecule has 3 rings (SSSR count). The van der Waals surface area contributed by atoms with Crippen LogP contribution in [0.15, 0.2) is 59.3 Å². The number of nitrogens with one attached hydrogen (secondary N) is 1. The van der Waals surface area contributed by atoms with Crippen LogP contribution in [0.2, 0.25) is 0 Å². The molecule has 0 saturated heterocycles. The lowest BCUT2D eigenvalue weighted by Gasteiger charge is -2.07. The van der Waals surface area contributed by atoms with Gasteiger partial charge >= 0.3 is 0 Å². The van der Waals surface area contributed by atoms with E-state index in [0.29, 0.717) is 12.4 Å². The van der Waals surface area contributed by atoms with Crippen molar-refractivity contribution in [1.82, 2.24) is 10.2 Å². The van der Waals surface area contributed by atoms with Crippen LogP contribution in [0.1, 0.15) is 5.56 Å². The number of hydrogen-bond donors (Lipinski definition) is 2. The summed E-state index contributed by atoms with van der Waals surface area (Å²) >= 11 is 0. The van der Waals surface area contributed by atoms with Crippen LogP contribution in [0.5, 0.6) is 5.75 Å². The molecule has 2 aromatic carbocycles. The van der Waals surface area contributed by atoms with Gasteiger partial charge in [-0.1, -0.05) is 12.1 Å². The van der Waals surface area contributed by atoms with E-state index in [9.17, 15) is 5.11 Å². The minimum absolute atomic E-state index is 0.276. The van der Waals surface area contributed by atoms with Gasteiger partial charge in [-0.3, -0.25) is 0 Å². The number of benzene rings is 2. The van der Waals surface area contributed by atoms with E-state index in [2.05, 4.69) is 15.5 Å². The molecule has 0 fully saturated rings. The van der Waals surface area contributed by atoms with Gasteiger partial charge in [0, 0.05) is 17.8 Å². The number of nitrogens with zero attached hydrogens (tertiary/aromatic N) is 2. The largest absolute Gasteiger partial charge is 0.508 e. The minimum atomic E-state index is 0.276. The Labute approximate surface area is 115 Å². The predicted molar refractivity (Wildman–Crippen MR) is 75.2 cm³/mol. The topological polar surface area (TPSA) is 71.2 Å². The summed E-state index contributed by atoms with van der Waals surface area (Å²) in [6, 6.07) is 14.9. The molecule has 0 unspecified atom stereocenters. The van der Waals surface area contributed by atoms with E-state index in [1.807, 2.05) is 36.4 Å². The smallest absolute Gasteiger partial charge is 0.247 e. The average Bonchev–Trinajstić information content (AvgIpc) is 3.01. The fraction of sp³-hybridized carbons (Fsp3) is 0.0667. The van der Waals surface area contributed by atoms with Crippen LogP contribution in [-0.2, 0) is 6.54 Å². The molecule has 5 nitrogen and oxygen atoms in total. The van der Waals surface area contributed by atoms with Crippen LogP contribution in [0.4, 0.5) is 5.69 Å². The van der Waals surface area contributed by atoms with Crippen molar-refractivity contribution in [1.29, 1.82) is 0 Å². The molecule has 2 N–H and O–H groups in total. The lowest BCUT2D eigenvalue weighted by atomic mass is 10.2. The zero-order chi connectivity index (χ0) is 13.8. The van der Waals surface area contributed by atoms with E-state index in [1.54, 1.807) is 12.1 Å². The van der Waals surface area contributed by atoms with Crippen LogP contribution >= 0.6 is 0 Å². The van der Waals surface area contributed by atoms with Crippen LogP contribution in [0.25, 0.3) is 11.5 Å². The highest BCUT2D eigenvalue weighted by atomic mass is 16.4. The molecule has 0 spiro atoms. The highest BCUT2D eigenvalue weighted by molar-refractivity contribution is 5.58. The second-order valence-corrected chi connectivity index (χ2v) is 4.34. The van der Waals surface area contributed by atoms with Gasteiger partial charge in [0.15, 0.2) is 0 Å². The molecule has 0 radical (unpaired) electrons. The normalized spacial score (nSPS) is 10.4. The Morgan fingerprint density at radius 1 is 1.00 bits per heavy atom. The fourth-order valence-corrected chi connectivity index (χ4v) is 1.85. The third kappa shape index (κ3) is 2.77. The number of phenols is 1. The first-order chi connectivity index (χ1) is 9.81. The summed E-state index contributed by atoms with van der Waals surface area (Å²) in [5.41, 5.74) is 2.99. The van der Waals surface area contributed by atoms with Crippen molar-refractivity contribution >= 4 is 5.69 Å². The minimum Gasteiger partial charge on any atom is -0.508 e. The fourth-order valence-electron chi connectivity index (χ4n) is 1.85. The molecule has 0 bridgehead atoms. The molecule has 0 aliphatic carbocycles. The van der Waals surface area contributed by atoms with E-state index >= 15 is 0 Å². The maximum atomic E-state index is 9.22. The van der Waals surface area contributed by atoms with Crippen molar-refractivity contribution in [3.63, 3.8) is 0 Å². The highest BCUT2D eigenvalue weighted by Crippen LogP contribution is 2.19. The lowest BCUT2D eigenvalue weighted by molar-refractivity contribution is 0.475. The van der Waals surface area contributed by atoms with E-state index < -0.39 is 0 Å². The molecule has 0 aliphatic heterocycles. The SMILES string of the molecule is Oc1ccc(CNc2ccc(-c3nnco3)cc2)cc1. The maximum Gasteiger partial charge on any atom is 0.247 e. The molecule has 0 amide bonds. The molecule has 0 aliphatic rings. The number of phenolic OH excluding ortho intramolecular Hbond substituents is 1. The van der Waals surface area contributed by atoms with Crippen LogP contribution in [0.3, 0.4) is 0 Å². The van der Waals surface area contributed by atoms with Gasteiger partial charge in [-0.2, -0.15) is 0 Å². The Balaban J connectivity index is 1.65. The Morgan fingerprint density at radius 2 is 1.75 bits per heavy atom. The van der Waals surface area contributed by atoms with Crippen molar-refractivity contribution in [2.45, 2.75) is 6.54 Å². The Kier molecular flexibility index (Phi) is 3.33. The molecule has 100 valence electrons. The van der Waals surface area contributed by atoms with Gasteiger partial charge in [-0.25, -0.2) is 0 Å². The van der Waals surface area contributed by atoms with Gasteiger partial charge in [0.2, 0.25) is 12.3 Å². The third-order valence-corrected chi connectivity index (χ3v) is 2.92. The van der Waals surface area contributed by atoms with Gasteiger partial charge < -0.3 is 14.8 Å². The summed E-state index contributed by atoms with van der Waals surface area (Å²) in [6.07, 6.45) is 1.31. The van der Waals surface area contributed by atoms with Crippen molar-refractivity contribution < 1.29 is 9.52 Å². The first-order valence-electron chi connectivity index (χ1n) is 6.20. The molecule has 5 heteroatoms. The molecular formula is C15H13N3O2. The number of anilines is 1. The lowest BCUT2D eigenvalue weighted by Crippen LogP contribution is -1.98. The van der Waals surface area contributed by atoms with E-state index in [0.717, 1.165) is 16.8 Å². The molecule has 1 aromatic heterocycles. The second-order valence-electron chi connectivity index (χ2n) is 4.34. The number of rotatable bonds is 4. The van der Waals surface area contributed by atoms with Crippen LogP contribution < -0.4 is 5.32 Å². The molecule has 20 heavy (non-hydrogen) atoms. The first kappa shape index (κ1) is 12.2. The van der Waals surface area contributed by atoms with Crippen LogP contribution in [0, 0.1) is 0 Å². The molecule has 1 heterocycles. The first-order valence-corrected chi connectivity index (χ1v) is 6.20. The van der Waals surface area contributed by atoms with Gasteiger partial charge in [0.1, 0.15) is 5.75 Å². The van der Waals surface area contributed by atoms with Crippen molar-refractivity contribution in [3.05, 3.63) is 60.5 Å². The predicted octanol–water partition coefficient (Wildman–Crippen LogP) is 3.05. The summed E-state index contributed by atoms with van der Waals surface area (Å²) in [7, 11) is 0. The van der Waals surface area contributed by atoms with Gasteiger partial charge in [0.25, 0.3) is 0 Å².